The molecule has 3 rings (SSSR count). The maximum absolute atomic E-state index is 9.38. The first-order valence-electron chi connectivity index (χ1n) is 8.99. The van der Waals surface area contributed by atoms with E-state index in [2.05, 4.69) is 41.5 Å². The monoisotopic (exact) mass is 355 g/mol. The Morgan fingerprint density at radius 1 is 1.28 bits per heavy atom. The lowest BCUT2D eigenvalue weighted by molar-refractivity contribution is 0.479. The highest BCUT2D eigenvalue weighted by atomic mass is 32.2. The number of benzene rings is 1. The van der Waals surface area contributed by atoms with Crippen LogP contribution in [0.25, 0.3) is 0 Å². The molecule has 0 radical (unpaired) electrons. The number of nitrogens with zero attached hydrogens (tertiary/aromatic N) is 3. The lowest BCUT2D eigenvalue weighted by Crippen LogP contribution is -2.28. The van der Waals surface area contributed by atoms with Gasteiger partial charge in [0.25, 0.3) is 0 Å². The second kappa shape index (κ2) is 8.96. The van der Waals surface area contributed by atoms with Gasteiger partial charge in [-0.15, -0.1) is 0 Å². The van der Waals surface area contributed by atoms with Crippen LogP contribution in [0.2, 0.25) is 0 Å². The summed E-state index contributed by atoms with van der Waals surface area (Å²) in [6.07, 6.45) is 7.86. The average molecular weight is 356 g/mol. The molecule has 1 aliphatic rings. The molecule has 132 valence electrons. The van der Waals surface area contributed by atoms with Gasteiger partial charge in [0.1, 0.15) is 11.7 Å². The van der Waals surface area contributed by atoms with Crippen LogP contribution in [-0.2, 0) is 19.3 Å². The van der Waals surface area contributed by atoms with Gasteiger partial charge in [-0.2, -0.15) is 17.0 Å². The van der Waals surface area contributed by atoms with Crippen molar-refractivity contribution in [3.8, 4) is 6.07 Å². The summed E-state index contributed by atoms with van der Waals surface area (Å²) in [6, 6.07) is 12.9. The molecule has 25 heavy (non-hydrogen) atoms. The first-order chi connectivity index (χ1) is 12.3. The molecule has 1 unspecified atom stereocenters. The molecule has 1 atom stereocenters. The molecule has 2 aromatic rings. The Morgan fingerprint density at radius 2 is 2.12 bits per heavy atom. The van der Waals surface area contributed by atoms with Gasteiger partial charge < -0.3 is 9.32 Å². The molecule has 4 nitrogen and oxygen atoms in total. The topological polar surface area (TPSA) is 53.1 Å². The van der Waals surface area contributed by atoms with Crippen molar-refractivity contribution in [2.45, 2.75) is 44.6 Å². The Labute approximate surface area is 154 Å². The highest BCUT2D eigenvalue weighted by Crippen LogP contribution is 2.30. The average Bonchev–Trinajstić information content (AvgIpc) is 3.27. The number of aromatic nitrogens is 1. The molecule has 2 heterocycles. The number of oxazole rings is 1. The van der Waals surface area contributed by atoms with Crippen LogP contribution in [-0.4, -0.2) is 29.6 Å². The number of anilines is 1. The van der Waals surface area contributed by atoms with Gasteiger partial charge in [-0.3, -0.25) is 0 Å². The quantitative estimate of drug-likeness (QED) is 0.708. The zero-order chi connectivity index (χ0) is 17.5. The van der Waals surface area contributed by atoms with Crippen molar-refractivity contribution >= 4 is 17.6 Å². The molecule has 0 saturated carbocycles. The third-order valence-corrected chi connectivity index (χ3v) is 5.24. The second-order valence-corrected chi connectivity index (χ2v) is 7.41. The van der Waals surface area contributed by atoms with Gasteiger partial charge >= 0.3 is 0 Å². The van der Waals surface area contributed by atoms with Crippen molar-refractivity contribution in [1.82, 2.24) is 4.98 Å². The molecule has 0 amide bonds. The molecule has 0 N–H and O–H groups in total. The third-order valence-electron chi connectivity index (χ3n) is 4.63. The third kappa shape index (κ3) is 4.58. The van der Waals surface area contributed by atoms with E-state index in [1.54, 1.807) is 0 Å². The van der Waals surface area contributed by atoms with Gasteiger partial charge in [0.15, 0.2) is 5.89 Å². The Morgan fingerprint density at radius 3 is 2.88 bits per heavy atom. The van der Waals surface area contributed by atoms with Crippen molar-refractivity contribution in [2.75, 3.05) is 23.5 Å². The van der Waals surface area contributed by atoms with Crippen LogP contribution in [0, 0.1) is 11.3 Å². The van der Waals surface area contributed by atoms with Gasteiger partial charge in [0, 0.05) is 19.4 Å². The lowest BCUT2D eigenvalue weighted by Gasteiger charge is -2.19. The summed E-state index contributed by atoms with van der Waals surface area (Å²) in [4.78, 5) is 6.88. The summed E-state index contributed by atoms with van der Waals surface area (Å²) in [5.74, 6) is 2.67. The van der Waals surface area contributed by atoms with E-state index in [0.29, 0.717) is 0 Å². The van der Waals surface area contributed by atoms with Crippen LogP contribution in [0.1, 0.15) is 36.4 Å². The van der Waals surface area contributed by atoms with Crippen LogP contribution < -0.4 is 4.90 Å². The van der Waals surface area contributed by atoms with Gasteiger partial charge in [-0.1, -0.05) is 30.3 Å². The van der Waals surface area contributed by atoms with Crippen molar-refractivity contribution < 1.29 is 4.42 Å². The van der Waals surface area contributed by atoms with Gasteiger partial charge in [0.05, 0.1) is 6.07 Å². The van der Waals surface area contributed by atoms with Crippen molar-refractivity contribution in [3.05, 3.63) is 47.5 Å². The zero-order valence-electron chi connectivity index (χ0n) is 14.8. The summed E-state index contributed by atoms with van der Waals surface area (Å²) in [7, 11) is 0. The first kappa shape index (κ1) is 17.9. The zero-order valence-corrected chi connectivity index (χ0v) is 15.6. The molecule has 0 bridgehead atoms. The molecular formula is C20H25N3OS. The van der Waals surface area contributed by atoms with E-state index >= 15 is 0 Å². The largest absolute Gasteiger partial charge is 0.425 e. The standard InChI is InChI=1S/C20H25N3OS/c1-25-14-12-18-20(23-13-6-10-17(23)15-21)24-19(22-18)11-5-9-16-7-3-2-4-8-16/h2-4,7-8,17H,5-6,9-14H2,1H3. The second-order valence-electron chi connectivity index (χ2n) is 6.42. The van der Waals surface area contributed by atoms with Crippen LogP contribution in [0.5, 0.6) is 0 Å². The van der Waals surface area contributed by atoms with Crippen LogP contribution in [0.4, 0.5) is 5.88 Å². The molecule has 1 aromatic heterocycles. The minimum Gasteiger partial charge on any atom is -0.425 e. The minimum absolute atomic E-state index is 0.0712. The predicted octanol–water partition coefficient (Wildman–Crippen LogP) is 4.25. The van der Waals surface area contributed by atoms with Crippen molar-refractivity contribution in [1.29, 1.82) is 5.26 Å². The van der Waals surface area contributed by atoms with E-state index in [1.807, 2.05) is 17.8 Å². The van der Waals surface area contributed by atoms with E-state index in [1.165, 1.54) is 5.56 Å². The van der Waals surface area contributed by atoms with Crippen molar-refractivity contribution in [3.63, 3.8) is 0 Å². The highest BCUT2D eigenvalue weighted by Gasteiger charge is 2.29. The predicted molar refractivity (Wildman–Crippen MR) is 103 cm³/mol. The van der Waals surface area contributed by atoms with E-state index in [-0.39, 0.29) is 6.04 Å². The Hall–Kier alpha value is -1.93. The summed E-state index contributed by atoms with van der Waals surface area (Å²) < 4.78 is 6.12. The molecule has 0 aliphatic carbocycles. The van der Waals surface area contributed by atoms with Crippen LogP contribution in [0.15, 0.2) is 34.7 Å². The molecule has 0 spiro atoms. The first-order valence-corrected chi connectivity index (χ1v) is 10.4. The maximum Gasteiger partial charge on any atom is 0.220 e. The van der Waals surface area contributed by atoms with Gasteiger partial charge in [-0.05, 0) is 43.3 Å². The van der Waals surface area contributed by atoms with E-state index < -0.39 is 0 Å². The number of hydrogen-bond acceptors (Lipinski definition) is 5. The highest BCUT2D eigenvalue weighted by molar-refractivity contribution is 7.98. The smallest absolute Gasteiger partial charge is 0.220 e. The normalized spacial score (nSPS) is 17.0. The lowest BCUT2D eigenvalue weighted by atomic mass is 10.1. The molecule has 1 aliphatic heterocycles. The number of rotatable bonds is 8. The number of nitriles is 1. The van der Waals surface area contributed by atoms with Gasteiger partial charge in [-0.25, -0.2) is 4.98 Å². The fourth-order valence-corrected chi connectivity index (χ4v) is 3.71. The summed E-state index contributed by atoms with van der Waals surface area (Å²) >= 11 is 1.81. The summed E-state index contributed by atoms with van der Waals surface area (Å²) in [5, 5.41) is 9.38. The minimum atomic E-state index is -0.0712. The van der Waals surface area contributed by atoms with Crippen molar-refractivity contribution in [2.24, 2.45) is 0 Å². The molecule has 1 saturated heterocycles. The maximum atomic E-state index is 9.38. The van der Waals surface area contributed by atoms with E-state index in [0.717, 1.165) is 68.3 Å². The number of aryl methyl sites for hydroxylation is 3. The fraction of sp³-hybridized carbons (Fsp3) is 0.500. The molecule has 1 aromatic carbocycles. The fourth-order valence-electron chi connectivity index (χ4n) is 3.32. The van der Waals surface area contributed by atoms with Crippen LogP contribution >= 0.6 is 11.8 Å². The Balaban J connectivity index is 1.68. The SMILES string of the molecule is CSCCc1nc(CCCc2ccccc2)oc1N1CCCC1C#N. The molecule has 5 heteroatoms. The van der Waals surface area contributed by atoms with Gasteiger partial charge in [0.2, 0.25) is 5.88 Å². The summed E-state index contributed by atoms with van der Waals surface area (Å²) in [6.45, 7) is 0.892. The Kier molecular flexibility index (Phi) is 6.41. The van der Waals surface area contributed by atoms with E-state index in [4.69, 9.17) is 9.40 Å². The Bertz CT molecular complexity index is 707. The molecule has 1 fully saturated rings. The van der Waals surface area contributed by atoms with E-state index in [9.17, 15) is 5.26 Å². The summed E-state index contributed by atoms with van der Waals surface area (Å²) in [5.41, 5.74) is 2.37. The van der Waals surface area contributed by atoms with Crippen LogP contribution in [0.3, 0.4) is 0 Å². The molecular weight excluding hydrogens is 330 g/mol. The number of hydrogen-bond donors (Lipinski definition) is 0. The number of thioether (sulfide) groups is 1.